The van der Waals surface area contributed by atoms with Gasteiger partial charge in [-0.2, -0.15) is 0 Å². The molecule has 4 rings (SSSR count). The summed E-state index contributed by atoms with van der Waals surface area (Å²) >= 11 is 1.59. The second-order valence-corrected chi connectivity index (χ2v) is 7.18. The van der Waals surface area contributed by atoms with Crippen LogP contribution in [0.3, 0.4) is 0 Å². The number of aromatic nitrogens is 2. The fraction of sp³-hybridized carbons (Fsp3) is 0.529. The van der Waals surface area contributed by atoms with Crippen LogP contribution in [0.15, 0.2) is 30.3 Å². The van der Waals surface area contributed by atoms with Crippen LogP contribution in [-0.2, 0) is 20.6 Å². The summed E-state index contributed by atoms with van der Waals surface area (Å²) < 4.78 is 17.4. The predicted molar refractivity (Wildman–Crippen MR) is 91.3 cm³/mol. The summed E-state index contributed by atoms with van der Waals surface area (Å²) in [6.45, 7) is 2.71. The molecule has 0 radical (unpaired) electrons. The normalized spacial score (nSPS) is 22.8. The Morgan fingerprint density at radius 2 is 2.00 bits per heavy atom. The van der Waals surface area contributed by atoms with E-state index >= 15 is 0 Å². The Balaban J connectivity index is 1.28. The van der Waals surface area contributed by atoms with Crippen LogP contribution in [0.25, 0.3) is 0 Å². The van der Waals surface area contributed by atoms with E-state index in [1.165, 1.54) is 5.56 Å². The average molecular weight is 347 g/mol. The molecule has 128 valence electrons. The molecule has 1 aromatic heterocycles. The molecule has 7 heteroatoms. The van der Waals surface area contributed by atoms with Crippen molar-refractivity contribution in [3.63, 3.8) is 0 Å². The quantitative estimate of drug-likeness (QED) is 0.896. The third kappa shape index (κ3) is 3.75. The monoisotopic (exact) mass is 347 g/mol. The Bertz CT molecular complexity index is 658. The van der Waals surface area contributed by atoms with Gasteiger partial charge in [0.15, 0.2) is 5.79 Å². The van der Waals surface area contributed by atoms with Gasteiger partial charge in [0.1, 0.15) is 11.1 Å². The molecule has 2 saturated heterocycles. The van der Waals surface area contributed by atoms with E-state index in [2.05, 4.69) is 27.6 Å². The minimum Gasteiger partial charge on any atom is -0.381 e. The van der Waals surface area contributed by atoms with E-state index in [0.717, 1.165) is 29.4 Å². The summed E-state index contributed by atoms with van der Waals surface area (Å²) in [6.07, 6.45) is 2.48. The van der Waals surface area contributed by atoms with Gasteiger partial charge in [-0.1, -0.05) is 41.7 Å². The molecule has 1 unspecified atom stereocenters. The van der Waals surface area contributed by atoms with Crippen molar-refractivity contribution in [1.82, 2.24) is 10.2 Å². The van der Waals surface area contributed by atoms with Crippen molar-refractivity contribution in [2.75, 3.05) is 31.7 Å². The smallest absolute Gasteiger partial charge is 0.205 e. The van der Waals surface area contributed by atoms with Crippen LogP contribution in [0.2, 0.25) is 0 Å². The highest BCUT2D eigenvalue weighted by Gasteiger charge is 2.42. The summed E-state index contributed by atoms with van der Waals surface area (Å²) in [5.74, 6) is -0.426. The molecule has 0 amide bonds. The molecule has 3 heterocycles. The second-order valence-electron chi connectivity index (χ2n) is 6.12. The molecule has 0 bridgehead atoms. The van der Waals surface area contributed by atoms with Crippen molar-refractivity contribution >= 4 is 16.5 Å². The van der Waals surface area contributed by atoms with E-state index in [9.17, 15) is 0 Å². The number of anilines is 1. The lowest BCUT2D eigenvalue weighted by molar-refractivity contribution is -0.209. The molecule has 24 heavy (non-hydrogen) atoms. The van der Waals surface area contributed by atoms with E-state index in [1.807, 2.05) is 18.2 Å². The van der Waals surface area contributed by atoms with E-state index in [4.69, 9.17) is 14.2 Å². The molecule has 1 aromatic carbocycles. The first kappa shape index (κ1) is 16.0. The fourth-order valence-electron chi connectivity index (χ4n) is 3.03. The summed E-state index contributed by atoms with van der Waals surface area (Å²) in [7, 11) is 0. The molecule has 1 spiro atoms. The van der Waals surface area contributed by atoms with Crippen LogP contribution in [-0.4, -0.2) is 48.5 Å². The van der Waals surface area contributed by atoms with E-state index in [0.29, 0.717) is 26.4 Å². The first-order valence-corrected chi connectivity index (χ1v) is 9.13. The van der Waals surface area contributed by atoms with Crippen molar-refractivity contribution in [3.05, 3.63) is 40.9 Å². The maximum absolute atomic E-state index is 6.11. The Labute approximate surface area is 145 Å². The van der Waals surface area contributed by atoms with Crippen molar-refractivity contribution in [2.24, 2.45) is 0 Å². The molecule has 1 atom stereocenters. The number of ether oxygens (including phenoxy) is 3. The Morgan fingerprint density at radius 1 is 1.17 bits per heavy atom. The zero-order chi connectivity index (χ0) is 16.2. The third-order valence-electron chi connectivity index (χ3n) is 4.31. The largest absolute Gasteiger partial charge is 0.381 e. The zero-order valence-electron chi connectivity index (χ0n) is 13.4. The van der Waals surface area contributed by atoms with Crippen molar-refractivity contribution in [2.45, 2.75) is 31.2 Å². The number of hydrogen-bond acceptors (Lipinski definition) is 7. The first-order valence-electron chi connectivity index (χ1n) is 8.31. The minimum absolute atomic E-state index is 0.0459. The summed E-state index contributed by atoms with van der Waals surface area (Å²) in [5.41, 5.74) is 1.24. The van der Waals surface area contributed by atoms with E-state index < -0.39 is 5.79 Å². The van der Waals surface area contributed by atoms with Gasteiger partial charge in [0, 0.05) is 25.8 Å². The summed E-state index contributed by atoms with van der Waals surface area (Å²) in [4.78, 5) is 0. The van der Waals surface area contributed by atoms with Crippen LogP contribution in [0.4, 0.5) is 5.13 Å². The Morgan fingerprint density at radius 3 is 2.83 bits per heavy atom. The lowest BCUT2D eigenvalue weighted by Crippen LogP contribution is -2.38. The average Bonchev–Trinajstić information content (AvgIpc) is 3.22. The van der Waals surface area contributed by atoms with E-state index in [1.54, 1.807) is 11.3 Å². The predicted octanol–water partition coefficient (Wildman–Crippen LogP) is 2.46. The highest BCUT2D eigenvalue weighted by atomic mass is 32.1. The summed E-state index contributed by atoms with van der Waals surface area (Å²) in [5, 5.41) is 13.6. The number of nitrogens with zero attached hydrogens (tertiary/aromatic N) is 2. The molecule has 2 aromatic rings. The van der Waals surface area contributed by atoms with Gasteiger partial charge >= 0.3 is 0 Å². The highest BCUT2D eigenvalue weighted by Crippen LogP contribution is 2.33. The molecular formula is C17H21N3O3S. The maximum Gasteiger partial charge on any atom is 0.205 e. The molecule has 1 N–H and O–H groups in total. The lowest BCUT2D eigenvalue weighted by Gasteiger charge is -2.31. The lowest BCUT2D eigenvalue weighted by atomic mass is 10.1. The van der Waals surface area contributed by atoms with Crippen LogP contribution in [0.1, 0.15) is 23.4 Å². The van der Waals surface area contributed by atoms with Gasteiger partial charge in [-0.05, 0) is 5.56 Å². The molecule has 0 aliphatic carbocycles. The number of benzene rings is 1. The van der Waals surface area contributed by atoms with Crippen LogP contribution >= 0.6 is 11.3 Å². The zero-order valence-corrected chi connectivity index (χ0v) is 14.3. The van der Waals surface area contributed by atoms with Crippen molar-refractivity contribution in [1.29, 1.82) is 0 Å². The van der Waals surface area contributed by atoms with E-state index in [-0.39, 0.29) is 6.10 Å². The maximum atomic E-state index is 6.11. The number of rotatable bonds is 5. The minimum atomic E-state index is -0.426. The SMILES string of the molecule is c1ccc(Cc2nnc(NCC3COC4(CCOCC4)O3)s2)cc1. The number of nitrogens with one attached hydrogen (secondary N) is 1. The van der Waals surface area contributed by atoms with Gasteiger partial charge < -0.3 is 19.5 Å². The van der Waals surface area contributed by atoms with Crippen LogP contribution in [0.5, 0.6) is 0 Å². The highest BCUT2D eigenvalue weighted by molar-refractivity contribution is 7.15. The molecular weight excluding hydrogens is 326 g/mol. The fourth-order valence-corrected chi connectivity index (χ4v) is 3.81. The van der Waals surface area contributed by atoms with Crippen LogP contribution in [0, 0.1) is 0 Å². The van der Waals surface area contributed by atoms with Crippen LogP contribution < -0.4 is 5.32 Å². The van der Waals surface area contributed by atoms with Gasteiger partial charge in [-0.3, -0.25) is 0 Å². The van der Waals surface area contributed by atoms with Gasteiger partial charge in [-0.25, -0.2) is 0 Å². The molecule has 0 saturated carbocycles. The topological polar surface area (TPSA) is 65.5 Å². The van der Waals surface area contributed by atoms with Gasteiger partial charge in [0.05, 0.1) is 19.8 Å². The van der Waals surface area contributed by atoms with Gasteiger partial charge in [0.2, 0.25) is 5.13 Å². The standard InChI is InChI=1S/C17H21N3O3S/c1-2-4-13(5-3-1)10-15-19-20-16(24-15)18-11-14-12-22-17(23-14)6-8-21-9-7-17/h1-5,14H,6-12H2,(H,18,20). The molecule has 6 nitrogen and oxygen atoms in total. The molecule has 2 aliphatic heterocycles. The Kier molecular flexibility index (Phi) is 4.75. The second kappa shape index (κ2) is 7.14. The number of hydrogen-bond donors (Lipinski definition) is 1. The van der Waals surface area contributed by atoms with Crippen molar-refractivity contribution in [3.8, 4) is 0 Å². The van der Waals surface area contributed by atoms with Gasteiger partial charge in [-0.15, -0.1) is 10.2 Å². The first-order chi connectivity index (χ1) is 11.8. The van der Waals surface area contributed by atoms with Crippen molar-refractivity contribution < 1.29 is 14.2 Å². The third-order valence-corrected chi connectivity index (χ3v) is 5.20. The Hall–Kier alpha value is -1.54. The summed E-state index contributed by atoms with van der Waals surface area (Å²) in [6, 6.07) is 10.3. The molecule has 2 fully saturated rings. The van der Waals surface area contributed by atoms with Gasteiger partial charge in [0.25, 0.3) is 0 Å². The molecule has 2 aliphatic rings.